The van der Waals surface area contributed by atoms with Gasteiger partial charge in [0, 0.05) is 43.4 Å². The molecule has 2 heterocycles. The maximum atomic E-state index is 12.8. The molecule has 1 aliphatic heterocycles. The number of aromatic nitrogens is 2. The monoisotopic (exact) mass is 376 g/mol. The number of nitrogens with zero attached hydrogens (tertiary/aromatic N) is 3. The van der Waals surface area contributed by atoms with Crippen LogP contribution in [-0.4, -0.2) is 39.7 Å². The van der Waals surface area contributed by atoms with Crippen LogP contribution < -0.4 is 5.73 Å². The molecule has 0 unspecified atom stereocenters. The number of carbonyl (C=O) groups excluding carboxylic acids is 1. The quantitative estimate of drug-likeness (QED) is 0.876. The molecule has 1 aliphatic rings. The Morgan fingerprint density at radius 2 is 1.77 bits per heavy atom. The minimum atomic E-state index is -0.472. The van der Waals surface area contributed by atoms with Crippen molar-refractivity contribution in [3.05, 3.63) is 41.6 Å². The lowest BCUT2D eigenvalue weighted by Gasteiger charge is -2.31. The van der Waals surface area contributed by atoms with Gasteiger partial charge in [-0.15, -0.1) is 12.4 Å². The molecule has 26 heavy (non-hydrogen) atoms. The van der Waals surface area contributed by atoms with Crippen molar-refractivity contribution in [1.82, 2.24) is 14.7 Å². The summed E-state index contributed by atoms with van der Waals surface area (Å²) in [6.45, 7) is 7.43. The number of aryl methyl sites for hydroxylation is 1. The van der Waals surface area contributed by atoms with Gasteiger partial charge in [-0.25, -0.2) is 0 Å². The van der Waals surface area contributed by atoms with Crippen molar-refractivity contribution in [1.29, 1.82) is 0 Å². The third-order valence-electron chi connectivity index (χ3n) is 5.08. The molecule has 1 amide bonds. The highest BCUT2D eigenvalue weighted by molar-refractivity contribution is 5.85. The lowest BCUT2D eigenvalue weighted by molar-refractivity contribution is -0.134. The van der Waals surface area contributed by atoms with Crippen molar-refractivity contribution >= 4 is 18.3 Å². The number of halogens is 1. The van der Waals surface area contributed by atoms with Gasteiger partial charge >= 0.3 is 0 Å². The molecule has 0 aliphatic carbocycles. The zero-order valence-corrected chi connectivity index (χ0v) is 16.8. The minimum Gasteiger partial charge on any atom is -0.341 e. The maximum absolute atomic E-state index is 12.8. The number of hydrogen-bond acceptors (Lipinski definition) is 3. The van der Waals surface area contributed by atoms with Crippen LogP contribution in [0.1, 0.15) is 32.0 Å². The van der Waals surface area contributed by atoms with Gasteiger partial charge in [0.1, 0.15) is 0 Å². The van der Waals surface area contributed by atoms with Crippen molar-refractivity contribution in [2.24, 2.45) is 18.2 Å². The van der Waals surface area contributed by atoms with Gasteiger partial charge < -0.3 is 10.6 Å². The Hall–Kier alpha value is -1.85. The largest absolute Gasteiger partial charge is 0.341 e. The van der Waals surface area contributed by atoms with Gasteiger partial charge in [-0.2, -0.15) is 5.10 Å². The number of nitrogens with two attached hydrogens (primary N) is 1. The zero-order chi connectivity index (χ0) is 18.2. The molecule has 0 saturated heterocycles. The molecule has 1 aromatic carbocycles. The Kier molecular flexibility index (Phi) is 6.14. The molecule has 0 bridgehead atoms. The lowest BCUT2D eigenvalue weighted by Crippen LogP contribution is -2.51. The zero-order valence-electron chi connectivity index (χ0n) is 16.0. The van der Waals surface area contributed by atoms with Gasteiger partial charge in [-0.05, 0) is 11.8 Å². The highest BCUT2D eigenvalue weighted by Gasteiger charge is 2.32. The fourth-order valence-corrected chi connectivity index (χ4v) is 3.39. The van der Waals surface area contributed by atoms with E-state index >= 15 is 0 Å². The Bertz CT molecular complexity index is 764. The van der Waals surface area contributed by atoms with E-state index in [0.29, 0.717) is 13.1 Å². The van der Waals surface area contributed by atoms with E-state index in [0.717, 1.165) is 24.1 Å². The summed E-state index contributed by atoms with van der Waals surface area (Å²) in [6, 6.07) is 9.79. The highest BCUT2D eigenvalue weighted by Crippen LogP contribution is 2.28. The van der Waals surface area contributed by atoms with E-state index in [9.17, 15) is 4.79 Å². The van der Waals surface area contributed by atoms with E-state index in [4.69, 9.17) is 10.8 Å². The number of carbonyl (C=O) groups is 1. The third-order valence-corrected chi connectivity index (χ3v) is 5.08. The van der Waals surface area contributed by atoms with Gasteiger partial charge in [0.2, 0.25) is 5.91 Å². The summed E-state index contributed by atoms with van der Waals surface area (Å²) in [4.78, 5) is 14.7. The Labute approximate surface area is 162 Å². The van der Waals surface area contributed by atoms with Crippen molar-refractivity contribution < 1.29 is 4.79 Å². The average molecular weight is 377 g/mol. The van der Waals surface area contributed by atoms with Gasteiger partial charge in [-0.3, -0.25) is 9.48 Å². The smallest absolute Gasteiger partial charge is 0.240 e. The molecule has 6 heteroatoms. The van der Waals surface area contributed by atoms with Crippen molar-refractivity contribution in [3.8, 4) is 11.3 Å². The lowest BCUT2D eigenvalue weighted by atomic mass is 9.86. The summed E-state index contributed by atoms with van der Waals surface area (Å²) < 4.78 is 1.97. The van der Waals surface area contributed by atoms with E-state index < -0.39 is 6.04 Å². The first kappa shape index (κ1) is 20.5. The molecular weight excluding hydrogens is 348 g/mol. The van der Waals surface area contributed by atoms with Crippen molar-refractivity contribution in [2.75, 3.05) is 13.1 Å². The second-order valence-corrected chi connectivity index (χ2v) is 7.93. The summed E-state index contributed by atoms with van der Waals surface area (Å²) in [5.41, 5.74) is 10.6. The molecule has 0 radical (unpaired) electrons. The number of fused-ring (bicyclic) bond motifs is 1. The van der Waals surface area contributed by atoms with Gasteiger partial charge in [0.15, 0.2) is 0 Å². The van der Waals surface area contributed by atoms with Crippen LogP contribution in [0.2, 0.25) is 0 Å². The Morgan fingerprint density at radius 1 is 1.15 bits per heavy atom. The van der Waals surface area contributed by atoms with E-state index in [1.54, 1.807) is 0 Å². The fourth-order valence-electron chi connectivity index (χ4n) is 3.39. The summed E-state index contributed by atoms with van der Waals surface area (Å²) in [5.74, 6) is 0.0505. The molecule has 5 nitrogen and oxygen atoms in total. The summed E-state index contributed by atoms with van der Waals surface area (Å²) in [7, 11) is 1.99. The predicted octanol–water partition coefficient (Wildman–Crippen LogP) is 2.81. The Morgan fingerprint density at radius 3 is 2.38 bits per heavy atom. The maximum Gasteiger partial charge on any atom is 0.240 e. The standard InChI is InChI=1S/C20H28N4O.ClH/c1-20(2,3)18(21)19(25)24-12-10-15-16(11-13-24)23(4)22-17(15)14-8-6-5-7-9-14;/h5-9,18H,10-13,21H2,1-4H3;1H/t18-;/m1./s1. The van der Waals surface area contributed by atoms with Crippen LogP contribution in [0.5, 0.6) is 0 Å². The second kappa shape index (κ2) is 7.80. The van der Waals surface area contributed by atoms with Crippen LogP contribution in [0.3, 0.4) is 0 Å². The molecular formula is C20H29ClN4O. The summed E-state index contributed by atoms with van der Waals surface area (Å²) in [5, 5.41) is 4.74. The van der Waals surface area contributed by atoms with Crippen LogP contribution in [0, 0.1) is 5.41 Å². The predicted molar refractivity (Wildman–Crippen MR) is 107 cm³/mol. The van der Waals surface area contributed by atoms with Gasteiger partial charge in [0.05, 0.1) is 11.7 Å². The first-order valence-electron chi connectivity index (χ1n) is 8.93. The van der Waals surface area contributed by atoms with Crippen molar-refractivity contribution in [3.63, 3.8) is 0 Å². The van der Waals surface area contributed by atoms with E-state index in [-0.39, 0.29) is 23.7 Å². The molecule has 0 spiro atoms. The van der Waals surface area contributed by atoms with Crippen LogP contribution in [0.4, 0.5) is 0 Å². The average Bonchev–Trinajstić information content (AvgIpc) is 2.76. The van der Waals surface area contributed by atoms with E-state index in [1.807, 2.05) is 55.6 Å². The fraction of sp³-hybridized carbons (Fsp3) is 0.500. The SMILES string of the molecule is Cl.Cn1nc(-c2ccccc2)c2c1CCN(C(=O)[C@@H](N)C(C)(C)C)CC2. The first-order chi connectivity index (χ1) is 11.8. The molecule has 142 valence electrons. The Balaban J connectivity index is 0.00000243. The van der Waals surface area contributed by atoms with Gasteiger partial charge in [-0.1, -0.05) is 51.1 Å². The number of amides is 1. The highest BCUT2D eigenvalue weighted by atomic mass is 35.5. The molecule has 1 atom stereocenters. The van der Waals surface area contributed by atoms with E-state index in [1.165, 1.54) is 11.3 Å². The normalized spacial score (nSPS) is 15.7. The molecule has 0 fully saturated rings. The summed E-state index contributed by atoms with van der Waals surface area (Å²) >= 11 is 0. The number of benzene rings is 1. The molecule has 0 saturated carbocycles. The second-order valence-electron chi connectivity index (χ2n) is 7.93. The van der Waals surface area contributed by atoms with Crippen molar-refractivity contribution in [2.45, 2.75) is 39.7 Å². The van der Waals surface area contributed by atoms with E-state index in [2.05, 4.69) is 12.1 Å². The molecule has 2 N–H and O–H groups in total. The first-order valence-corrected chi connectivity index (χ1v) is 8.93. The number of hydrogen-bond donors (Lipinski definition) is 1. The summed E-state index contributed by atoms with van der Waals surface area (Å²) in [6.07, 6.45) is 1.63. The van der Waals surface area contributed by atoms with Crippen LogP contribution in [0.25, 0.3) is 11.3 Å². The topological polar surface area (TPSA) is 64.2 Å². The van der Waals surface area contributed by atoms with Crippen LogP contribution >= 0.6 is 12.4 Å². The molecule has 1 aromatic heterocycles. The van der Waals surface area contributed by atoms with Crippen LogP contribution in [0.15, 0.2) is 30.3 Å². The third kappa shape index (κ3) is 3.94. The minimum absolute atomic E-state index is 0. The number of rotatable bonds is 2. The molecule has 3 rings (SSSR count). The van der Waals surface area contributed by atoms with Crippen LogP contribution in [-0.2, 0) is 24.7 Å². The van der Waals surface area contributed by atoms with Gasteiger partial charge in [0.25, 0.3) is 0 Å². The molecule has 2 aromatic rings.